The minimum atomic E-state index is -0.559. The molecule has 1 fully saturated rings. The van der Waals surface area contributed by atoms with Crippen molar-refractivity contribution in [2.75, 3.05) is 0 Å². The lowest BCUT2D eigenvalue weighted by Gasteiger charge is -2.38. The van der Waals surface area contributed by atoms with Gasteiger partial charge in [0, 0.05) is 0 Å². The SMILES string of the molecule is CCCC1CCC(CC(C)C)(C(=O)O)CC1. The Labute approximate surface area is 99.4 Å². The summed E-state index contributed by atoms with van der Waals surface area (Å²) in [6, 6.07) is 0. The van der Waals surface area contributed by atoms with Gasteiger partial charge in [-0.15, -0.1) is 0 Å². The minimum absolute atomic E-state index is 0.404. The summed E-state index contributed by atoms with van der Waals surface area (Å²) in [4.78, 5) is 11.5. The third-order valence-corrected chi connectivity index (χ3v) is 4.01. The molecule has 1 N–H and O–H groups in total. The van der Waals surface area contributed by atoms with Gasteiger partial charge in [-0.3, -0.25) is 4.79 Å². The quantitative estimate of drug-likeness (QED) is 0.766. The lowest BCUT2D eigenvalue weighted by Crippen LogP contribution is -2.36. The fourth-order valence-corrected chi connectivity index (χ4v) is 3.21. The Hall–Kier alpha value is -0.530. The van der Waals surface area contributed by atoms with Crippen LogP contribution in [0.4, 0.5) is 0 Å². The number of rotatable bonds is 5. The first-order valence-corrected chi connectivity index (χ1v) is 6.73. The fourth-order valence-electron chi connectivity index (χ4n) is 3.21. The molecule has 0 heterocycles. The second-order valence-electron chi connectivity index (χ2n) is 5.92. The predicted molar refractivity (Wildman–Crippen MR) is 66.4 cm³/mol. The molecule has 0 aromatic carbocycles. The highest BCUT2D eigenvalue weighted by atomic mass is 16.4. The molecule has 0 aromatic rings. The number of carboxylic acid groups (broad SMARTS) is 1. The Morgan fingerprint density at radius 3 is 2.31 bits per heavy atom. The van der Waals surface area contributed by atoms with Crippen molar-refractivity contribution in [3.8, 4) is 0 Å². The van der Waals surface area contributed by atoms with Crippen molar-refractivity contribution in [3.05, 3.63) is 0 Å². The Balaban J connectivity index is 2.59. The normalized spacial score (nSPS) is 30.6. The second-order valence-corrected chi connectivity index (χ2v) is 5.92. The molecule has 0 unspecified atom stereocenters. The molecule has 1 rings (SSSR count). The lowest BCUT2D eigenvalue weighted by atomic mass is 9.66. The molecule has 0 aliphatic heterocycles. The molecule has 94 valence electrons. The molecule has 0 amide bonds. The average molecular weight is 226 g/mol. The maximum absolute atomic E-state index is 11.5. The van der Waals surface area contributed by atoms with Gasteiger partial charge in [-0.2, -0.15) is 0 Å². The van der Waals surface area contributed by atoms with E-state index in [-0.39, 0.29) is 0 Å². The zero-order valence-electron chi connectivity index (χ0n) is 11.0. The molecule has 0 saturated heterocycles. The smallest absolute Gasteiger partial charge is 0.309 e. The van der Waals surface area contributed by atoms with Gasteiger partial charge in [-0.05, 0) is 43.9 Å². The van der Waals surface area contributed by atoms with Gasteiger partial charge in [0.2, 0.25) is 0 Å². The molecule has 2 nitrogen and oxygen atoms in total. The zero-order chi connectivity index (χ0) is 12.2. The van der Waals surface area contributed by atoms with Crippen molar-refractivity contribution in [1.29, 1.82) is 0 Å². The minimum Gasteiger partial charge on any atom is -0.481 e. The summed E-state index contributed by atoms with van der Waals surface area (Å²) in [6.45, 7) is 6.47. The first-order valence-electron chi connectivity index (χ1n) is 6.73. The summed E-state index contributed by atoms with van der Waals surface area (Å²) >= 11 is 0. The second kappa shape index (κ2) is 5.70. The first kappa shape index (κ1) is 13.5. The van der Waals surface area contributed by atoms with E-state index in [1.165, 1.54) is 12.8 Å². The summed E-state index contributed by atoms with van der Waals surface area (Å²) in [7, 11) is 0. The standard InChI is InChI=1S/C14H26O2/c1-4-5-12-6-8-14(9-7-12,13(15)16)10-11(2)3/h11-12H,4-10H2,1-3H3,(H,15,16). The molecular weight excluding hydrogens is 200 g/mol. The van der Waals surface area contributed by atoms with Gasteiger partial charge >= 0.3 is 5.97 Å². The third-order valence-electron chi connectivity index (χ3n) is 4.01. The van der Waals surface area contributed by atoms with Crippen LogP contribution in [-0.4, -0.2) is 11.1 Å². The maximum atomic E-state index is 11.5. The molecular formula is C14H26O2. The number of carbonyl (C=O) groups is 1. The van der Waals surface area contributed by atoms with Crippen LogP contribution in [0.5, 0.6) is 0 Å². The molecule has 0 spiro atoms. The van der Waals surface area contributed by atoms with Gasteiger partial charge in [0.1, 0.15) is 0 Å². The van der Waals surface area contributed by atoms with E-state index < -0.39 is 11.4 Å². The topological polar surface area (TPSA) is 37.3 Å². The molecule has 0 radical (unpaired) electrons. The van der Waals surface area contributed by atoms with Gasteiger partial charge in [-0.25, -0.2) is 0 Å². The van der Waals surface area contributed by atoms with E-state index in [0.717, 1.165) is 38.0 Å². The van der Waals surface area contributed by atoms with Crippen molar-refractivity contribution >= 4 is 5.97 Å². The van der Waals surface area contributed by atoms with Crippen molar-refractivity contribution in [1.82, 2.24) is 0 Å². The monoisotopic (exact) mass is 226 g/mol. The Morgan fingerprint density at radius 2 is 1.94 bits per heavy atom. The molecule has 0 bridgehead atoms. The molecule has 1 saturated carbocycles. The zero-order valence-corrected chi connectivity index (χ0v) is 11.0. The fraction of sp³-hybridized carbons (Fsp3) is 0.929. The van der Waals surface area contributed by atoms with Gasteiger partial charge in [0.15, 0.2) is 0 Å². The molecule has 2 heteroatoms. The molecule has 16 heavy (non-hydrogen) atoms. The first-order chi connectivity index (χ1) is 7.50. The van der Waals surface area contributed by atoms with Crippen LogP contribution < -0.4 is 0 Å². The van der Waals surface area contributed by atoms with Crippen LogP contribution in [0.2, 0.25) is 0 Å². The Morgan fingerprint density at radius 1 is 1.38 bits per heavy atom. The third kappa shape index (κ3) is 3.23. The van der Waals surface area contributed by atoms with Crippen molar-refractivity contribution < 1.29 is 9.90 Å². The van der Waals surface area contributed by atoms with Gasteiger partial charge in [0.05, 0.1) is 5.41 Å². The van der Waals surface area contributed by atoms with Crippen molar-refractivity contribution in [3.63, 3.8) is 0 Å². The highest BCUT2D eigenvalue weighted by Crippen LogP contribution is 2.44. The van der Waals surface area contributed by atoms with E-state index in [2.05, 4.69) is 20.8 Å². The maximum Gasteiger partial charge on any atom is 0.309 e. The Kier molecular flexibility index (Phi) is 4.82. The van der Waals surface area contributed by atoms with Crippen LogP contribution in [0.25, 0.3) is 0 Å². The van der Waals surface area contributed by atoms with E-state index in [9.17, 15) is 9.90 Å². The van der Waals surface area contributed by atoms with Crippen LogP contribution in [0.15, 0.2) is 0 Å². The summed E-state index contributed by atoms with van der Waals surface area (Å²) < 4.78 is 0. The van der Waals surface area contributed by atoms with Gasteiger partial charge in [-0.1, -0.05) is 33.6 Å². The number of aliphatic carboxylic acids is 1. The average Bonchev–Trinajstić information content (AvgIpc) is 2.20. The Bertz CT molecular complexity index is 225. The van der Waals surface area contributed by atoms with Crippen LogP contribution in [0.3, 0.4) is 0 Å². The van der Waals surface area contributed by atoms with Crippen LogP contribution in [0.1, 0.15) is 65.7 Å². The van der Waals surface area contributed by atoms with E-state index in [0.29, 0.717) is 5.92 Å². The predicted octanol–water partition coefficient (Wildman–Crippen LogP) is 4.09. The van der Waals surface area contributed by atoms with Crippen LogP contribution >= 0.6 is 0 Å². The lowest BCUT2D eigenvalue weighted by molar-refractivity contribution is -0.153. The summed E-state index contributed by atoms with van der Waals surface area (Å²) in [5.41, 5.74) is -0.404. The van der Waals surface area contributed by atoms with Gasteiger partial charge < -0.3 is 5.11 Å². The van der Waals surface area contributed by atoms with E-state index in [1.807, 2.05) is 0 Å². The van der Waals surface area contributed by atoms with Crippen LogP contribution in [-0.2, 0) is 4.79 Å². The van der Waals surface area contributed by atoms with Gasteiger partial charge in [0.25, 0.3) is 0 Å². The number of hydrogen-bond donors (Lipinski definition) is 1. The van der Waals surface area contributed by atoms with E-state index >= 15 is 0 Å². The molecule has 0 aromatic heterocycles. The number of carboxylic acids is 1. The highest BCUT2D eigenvalue weighted by Gasteiger charge is 2.41. The van der Waals surface area contributed by atoms with Crippen molar-refractivity contribution in [2.24, 2.45) is 17.3 Å². The van der Waals surface area contributed by atoms with E-state index in [4.69, 9.17) is 0 Å². The largest absolute Gasteiger partial charge is 0.481 e. The molecule has 1 aliphatic carbocycles. The van der Waals surface area contributed by atoms with Crippen LogP contribution in [0, 0.1) is 17.3 Å². The van der Waals surface area contributed by atoms with E-state index in [1.54, 1.807) is 0 Å². The molecule has 0 atom stereocenters. The summed E-state index contributed by atoms with van der Waals surface area (Å²) in [5, 5.41) is 9.45. The molecule has 1 aliphatic rings. The summed E-state index contributed by atoms with van der Waals surface area (Å²) in [5.74, 6) is 0.708. The van der Waals surface area contributed by atoms with Crippen molar-refractivity contribution in [2.45, 2.75) is 65.7 Å². The highest BCUT2D eigenvalue weighted by molar-refractivity contribution is 5.74. The number of hydrogen-bond acceptors (Lipinski definition) is 1. The summed E-state index contributed by atoms with van der Waals surface area (Å²) in [6.07, 6.45) is 7.38.